The van der Waals surface area contributed by atoms with Gasteiger partial charge in [0.25, 0.3) is 11.8 Å². The zero-order chi connectivity index (χ0) is 37.7. The fourth-order valence-corrected chi connectivity index (χ4v) is 9.72. The predicted molar refractivity (Wildman–Crippen MR) is 198 cm³/mol. The second-order valence-electron chi connectivity index (χ2n) is 13.9. The van der Waals surface area contributed by atoms with E-state index in [9.17, 15) is 28.7 Å². The summed E-state index contributed by atoms with van der Waals surface area (Å²) >= 11 is 14.9. The van der Waals surface area contributed by atoms with E-state index in [4.69, 9.17) is 32.4 Å². The van der Waals surface area contributed by atoms with Crippen LogP contribution in [0.1, 0.15) is 31.2 Å². The number of anilines is 2. The molecule has 4 aromatic carbocycles. The molecule has 3 heterocycles. The molecule has 1 saturated carbocycles. The summed E-state index contributed by atoms with van der Waals surface area (Å²) in [5, 5.41) is 11.6. The minimum Gasteiger partial charge on any atom is -0.504 e. The number of oxazole rings is 1. The lowest BCUT2D eigenvalue weighted by atomic mass is 9.56. The number of imide groups is 2. The maximum absolute atomic E-state index is 14.6. The number of carbonyl (C=O) groups excluding carboxylic acids is 4. The van der Waals surface area contributed by atoms with Gasteiger partial charge < -0.3 is 14.3 Å². The largest absolute Gasteiger partial charge is 0.504 e. The molecule has 6 atom stereocenters. The first kappa shape index (κ1) is 34.3. The highest BCUT2D eigenvalue weighted by Crippen LogP contribution is 2.67. The molecule has 6 unspecified atom stereocenters. The van der Waals surface area contributed by atoms with E-state index in [0.29, 0.717) is 33.8 Å². The van der Waals surface area contributed by atoms with Crippen LogP contribution in [-0.4, -0.2) is 50.1 Å². The van der Waals surface area contributed by atoms with Gasteiger partial charge in [-0.3, -0.25) is 24.1 Å². The van der Waals surface area contributed by atoms with Crippen molar-refractivity contribution in [1.82, 2.24) is 4.98 Å². The Morgan fingerprint density at radius 2 is 1.57 bits per heavy atom. The van der Waals surface area contributed by atoms with Crippen molar-refractivity contribution >= 4 is 69.3 Å². The van der Waals surface area contributed by atoms with Gasteiger partial charge >= 0.3 is 0 Å². The van der Waals surface area contributed by atoms with Gasteiger partial charge in [0.1, 0.15) is 11.3 Å². The molecule has 9 rings (SSSR count). The fraction of sp³-hybridized carbons (Fsp3) is 0.244. The van der Waals surface area contributed by atoms with Crippen molar-refractivity contribution in [2.45, 2.75) is 35.4 Å². The first-order valence-electron chi connectivity index (χ1n) is 17.5. The van der Waals surface area contributed by atoms with Gasteiger partial charge in [0.2, 0.25) is 17.7 Å². The smallest absolute Gasteiger partial charge is 0.258 e. The number of rotatable bonds is 6. The number of fused-ring (bicyclic) bond motifs is 5. The van der Waals surface area contributed by atoms with E-state index >= 15 is 0 Å². The molecule has 13 heteroatoms. The number of aromatic nitrogens is 1. The Balaban J connectivity index is 1.13. The first-order chi connectivity index (χ1) is 26.0. The highest BCUT2D eigenvalue weighted by Gasteiger charge is 2.77. The lowest BCUT2D eigenvalue weighted by Crippen LogP contribution is -2.60. The molecule has 5 aromatic rings. The molecule has 0 radical (unpaired) electrons. The number of aromatic hydroxyl groups is 1. The molecule has 4 aliphatic rings. The van der Waals surface area contributed by atoms with Crippen LogP contribution in [-0.2, 0) is 19.2 Å². The van der Waals surface area contributed by atoms with Gasteiger partial charge in [-0.15, -0.1) is 23.2 Å². The van der Waals surface area contributed by atoms with Crippen LogP contribution in [0.3, 0.4) is 0 Å². The van der Waals surface area contributed by atoms with E-state index in [0.717, 1.165) is 21.9 Å². The number of carbonyl (C=O) groups is 4. The summed E-state index contributed by atoms with van der Waals surface area (Å²) in [6.07, 6.45) is 1.65. The summed E-state index contributed by atoms with van der Waals surface area (Å²) in [5.41, 5.74) is 3.04. The SMILES string of the molecule is CCOc1cccc(C2C3=CCC4C(=O)N(c5ccc(-c6nc7ccccc7o6)cc5)C(=O)C4C3CC3(Cl)C(=O)N(c4ccc(F)cc4)C(=O)C23Cl)c1O. The topological polar surface area (TPSA) is 130 Å². The third-order valence-electron chi connectivity index (χ3n) is 11.2. The standard InChI is InChI=1S/C41H30Cl2FN3O7/c1-2-53-31-9-5-6-27(34(31)48)33-25-18-19-26-32(28(25)20-40(42)38(51)47(39(52)41(33,40)43)24-16-12-22(44)13-17-24)37(50)46(36(26)49)23-14-10-21(11-15-23)35-45-29-7-3-4-8-30(29)54-35/h3-18,26,28,32-33,48H,2,19-20H2,1H3. The monoisotopic (exact) mass is 765 g/mol. The molecule has 4 amide bonds. The summed E-state index contributed by atoms with van der Waals surface area (Å²) < 4.78 is 25.5. The Bertz CT molecular complexity index is 2420. The average molecular weight is 767 g/mol. The lowest BCUT2D eigenvalue weighted by molar-refractivity contribution is -0.125. The van der Waals surface area contributed by atoms with Crippen molar-refractivity contribution in [3.8, 4) is 23.0 Å². The van der Waals surface area contributed by atoms with Crippen LogP contribution in [0.25, 0.3) is 22.6 Å². The molecule has 0 spiro atoms. The number of phenols is 1. The van der Waals surface area contributed by atoms with E-state index in [1.807, 2.05) is 24.3 Å². The molecule has 3 fully saturated rings. The average Bonchev–Trinajstić information content (AvgIpc) is 3.76. The Labute approximate surface area is 317 Å². The van der Waals surface area contributed by atoms with Crippen LogP contribution in [0.4, 0.5) is 15.8 Å². The Morgan fingerprint density at radius 3 is 2.30 bits per heavy atom. The van der Waals surface area contributed by atoms with Gasteiger partial charge in [0.15, 0.2) is 26.8 Å². The molecular weight excluding hydrogens is 736 g/mol. The van der Waals surface area contributed by atoms with Gasteiger partial charge in [-0.1, -0.05) is 35.9 Å². The van der Waals surface area contributed by atoms with Crippen LogP contribution in [0.5, 0.6) is 11.5 Å². The number of nitrogens with zero attached hydrogens (tertiary/aromatic N) is 3. The number of halogens is 3. The molecule has 1 aromatic heterocycles. The van der Waals surface area contributed by atoms with Gasteiger partial charge in [-0.05, 0) is 92.4 Å². The van der Waals surface area contributed by atoms with Crippen molar-refractivity contribution in [1.29, 1.82) is 0 Å². The molecular formula is C41H30Cl2FN3O7. The van der Waals surface area contributed by atoms with Crippen LogP contribution in [0.15, 0.2) is 107 Å². The van der Waals surface area contributed by atoms with Crippen LogP contribution in [0.2, 0.25) is 0 Å². The zero-order valence-electron chi connectivity index (χ0n) is 28.5. The summed E-state index contributed by atoms with van der Waals surface area (Å²) in [7, 11) is 0. The summed E-state index contributed by atoms with van der Waals surface area (Å²) in [5.74, 6) is -6.82. The quantitative estimate of drug-likeness (QED) is 0.107. The molecule has 54 heavy (non-hydrogen) atoms. The molecule has 10 nitrogen and oxygen atoms in total. The minimum absolute atomic E-state index is 0.0568. The van der Waals surface area contributed by atoms with Crippen molar-refractivity contribution in [2.75, 3.05) is 16.4 Å². The van der Waals surface area contributed by atoms with Gasteiger partial charge in [-0.25, -0.2) is 14.3 Å². The predicted octanol–water partition coefficient (Wildman–Crippen LogP) is 7.51. The maximum atomic E-state index is 14.6. The molecule has 2 saturated heterocycles. The second kappa shape index (κ2) is 12.3. The second-order valence-corrected chi connectivity index (χ2v) is 15.2. The van der Waals surface area contributed by atoms with Crippen molar-refractivity contribution in [2.24, 2.45) is 17.8 Å². The lowest BCUT2D eigenvalue weighted by Gasteiger charge is -2.50. The molecule has 1 N–H and O–H groups in total. The molecule has 272 valence electrons. The Kier molecular flexibility index (Phi) is 7.78. The number of para-hydroxylation sites is 3. The highest BCUT2D eigenvalue weighted by atomic mass is 35.5. The summed E-state index contributed by atoms with van der Waals surface area (Å²) in [6, 6.07) is 23.6. The van der Waals surface area contributed by atoms with Crippen molar-refractivity contribution in [3.63, 3.8) is 0 Å². The zero-order valence-corrected chi connectivity index (χ0v) is 30.1. The number of hydrogen-bond donors (Lipinski definition) is 1. The maximum Gasteiger partial charge on any atom is 0.258 e. The molecule has 2 aliphatic carbocycles. The number of allylic oxidation sites excluding steroid dienone is 2. The van der Waals surface area contributed by atoms with Crippen molar-refractivity contribution < 1.29 is 37.8 Å². The summed E-state index contributed by atoms with van der Waals surface area (Å²) in [4.78, 5) is 60.0. The molecule has 2 aliphatic heterocycles. The van der Waals surface area contributed by atoms with Gasteiger partial charge in [-0.2, -0.15) is 0 Å². The first-order valence-corrected chi connectivity index (χ1v) is 18.2. The van der Waals surface area contributed by atoms with E-state index in [1.165, 1.54) is 12.1 Å². The third-order valence-corrected chi connectivity index (χ3v) is 12.6. The number of phenolic OH excluding ortho intramolecular Hbond substituents is 1. The van der Waals surface area contributed by atoms with Crippen LogP contribution >= 0.6 is 23.2 Å². The fourth-order valence-electron chi connectivity index (χ4n) is 8.79. The highest BCUT2D eigenvalue weighted by molar-refractivity contribution is 6.58. The number of benzene rings is 4. The number of ether oxygens (including phenoxy) is 1. The number of hydrogen-bond acceptors (Lipinski definition) is 8. The van der Waals surface area contributed by atoms with Crippen molar-refractivity contribution in [3.05, 3.63) is 114 Å². The Morgan fingerprint density at radius 1 is 0.870 bits per heavy atom. The van der Waals surface area contributed by atoms with E-state index < -0.39 is 62.9 Å². The number of alkyl halides is 2. The minimum atomic E-state index is -2.20. The van der Waals surface area contributed by atoms with E-state index in [1.54, 1.807) is 55.5 Å². The Hall–Kier alpha value is -5.52. The van der Waals surface area contributed by atoms with Gasteiger partial charge in [0.05, 0.1) is 29.8 Å². The third kappa shape index (κ3) is 4.67. The van der Waals surface area contributed by atoms with Gasteiger partial charge in [0, 0.05) is 17.0 Å². The number of amides is 4. The van der Waals surface area contributed by atoms with E-state index in [2.05, 4.69) is 4.98 Å². The van der Waals surface area contributed by atoms with Crippen LogP contribution < -0.4 is 14.5 Å². The van der Waals surface area contributed by atoms with Crippen LogP contribution in [0, 0.1) is 23.6 Å². The van der Waals surface area contributed by atoms with E-state index in [-0.39, 0.29) is 42.2 Å². The normalized spacial score (nSPS) is 27.6. The molecule has 0 bridgehead atoms. The summed E-state index contributed by atoms with van der Waals surface area (Å²) in [6.45, 7) is 1.97.